The van der Waals surface area contributed by atoms with E-state index in [9.17, 15) is 4.79 Å². The van der Waals surface area contributed by atoms with Crippen LogP contribution in [-0.2, 0) is 0 Å². The number of likely N-dealkylation sites (tertiary alicyclic amines) is 1. The SMILES string of the molecule is Cc1nc([C@H]2CCCN2C(=O)c2cc(C3CC3)on2)no1. The highest BCUT2D eigenvalue weighted by Crippen LogP contribution is 2.40. The second-order valence-corrected chi connectivity index (χ2v) is 5.72. The maximum Gasteiger partial charge on any atom is 0.276 e. The summed E-state index contributed by atoms with van der Waals surface area (Å²) in [6.07, 6.45) is 4.02. The molecule has 0 unspecified atom stereocenters. The Morgan fingerprint density at radius 1 is 1.29 bits per heavy atom. The van der Waals surface area contributed by atoms with Crippen molar-refractivity contribution in [2.45, 2.75) is 44.6 Å². The summed E-state index contributed by atoms with van der Waals surface area (Å²) in [5.74, 6) is 2.25. The Bertz CT molecular complexity index is 673. The molecule has 110 valence electrons. The molecule has 0 aromatic carbocycles. The minimum absolute atomic E-state index is 0.115. The molecule has 7 nitrogen and oxygen atoms in total. The fraction of sp³-hybridized carbons (Fsp3) is 0.571. The predicted octanol–water partition coefficient (Wildman–Crippen LogP) is 2.22. The lowest BCUT2D eigenvalue weighted by atomic mass is 10.2. The Labute approximate surface area is 121 Å². The summed E-state index contributed by atoms with van der Waals surface area (Å²) in [6, 6.07) is 1.65. The molecule has 3 heterocycles. The van der Waals surface area contributed by atoms with Gasteiger partial charge in [-0.25, -0.2) is 0 Å². The molecule has 1 saturated heterocycles. The van der Waals surface area contributed by atoms with E-state index in [1.165, 1.54) is 0 Å². The first-order chi connectivity index (χ1) is 10.2. The van der Waals surface area contributed by atoms with Gasteiger partial charge in [0.2, 0.25) is 5.89 Å². The second-order valence-electron chi connectivity index (χ2n) is 5.72. The second kappa shape index (κ2) is 4.68. The molecule has 2 aliphatic rings. The number of hydrogen-bond donors (Lipinski definition) is 0. The zero-order valence-corrected chi connectivity index (χ0v) is 11.8. The molecule has 0 spiro atoms. The molecule has 2 fully saturated rings. The van der Waals surface area contributed by atoms with E-state index in [2.05, 4.69) is 15.3 Å². The van der Waals surface area contributed by atoms with Crippen LogP contribution in [0.3, 0.4) is 0 Å². The lowest BCUT2D eigenvalue weighted by Crippen LogP contribution is -2.31. The average molecular weight is 288 g/mol. The molecule has 4 rings (SSSR count). The van der Waals surface area contributed by atoms with Crippen LogP contribution in [0.25, 0.3) is 0 Å². The van der Waals surface area contributed by atoms with Crippen LogP contribution in [0, 0.1) is 6.92 Å². The highest BCUT2D eigenvalue weighted by atomic mass is 16.5. The van der Waals surface area contributed by atoms with Crippen LogP contribution in [0.4, 0.5) is 0 Å². The molecular formula is C14H16N4O3. The highest BCUT2D eigenvalue weighted by molar-refractivity contribution is 5.92. The Balaban J connectivity index is 1.56. The fourth-order valence-electron chi connectivity index (χ4n) is 2.83. The number of carbonyl (C=O) groups excluding carboxylic acids is 1. The minimum Gasteiger partial charge on any atom is -0.360 e. The van der Waals surface area contributed by atoms with Crippen LogP contribution >= 0.6 is 0 Å². The summed E-state index contributed by atoms with van der Waals surface area (Å²) >= 11 is 0. The number of aryl methyl sites for hydroxylation is 1. The van der Waals surface area contributed by atoms with E-state index in [1.54, 1.807) is 17.9 Å². The molecule has 2 aromatic heterocycles. The van der Waals surface area contributed by atoms with Gasteiger partial charge in [-0.3, -0.25) is 4.79 Å². The van der Waals surface area contributed by atoms with Gasteiger partial charge in [0.05, 0.1) is 6.04 Å². The number of aromatic nitrogens is 3. The van der Waals surface area contributed by atoms with Crippen LogP contribution in [0.2, 0.25) is 0 Å². The largest absolute Gasteiger partial charge is 0.360 e. The Kier molecular flexibility index (Phi) is 2.80. The van der Waals surface area contributed by atoms with E-state index in [4.69, 9.17) is 9.05 Å². The molecule has 1 saturated carbocycles. The van der Waals surface area contributed by atoms with Crippen molar-refractivity contribution >= 4 is 5.91 Å². The number of hydrogen-bond acceptors (Lipinski definition) is 6. The summed E-state index contributed by atoms with van der Waals surface area (Å²) in [7, 11) is 0. The van der Waals surface area contributed by atoms with Gasteiger partial charge in [-0.05, 0) is 25.7 Å². The van der Waals surface area contributed by atoms with E-state index in [1.807, 2.05) is 0 Å². The topological polar surface area (TPSA) is 85.3 Å². The molecule has 0 N–H and O–H groups in total. The Morgan fingerprint density at radius 2 is 2.14 bits per heavy atom. The zero-order valence-electron chi connectivity index (χ0n) is 11.8. The van der Waals surface area contributed by atoms with E-state index in [-0.39, 0.29) is 11.9 Å². The fourth-order valence-corrected chi connectivity index (χ4v) is 2.83. The normalized spacial score (nSPS) is 22.0. The molecule has 0 radical (unpaired) electrons. The van der Waals surface area contributed by atoms with Crippen LogP contribution in [0.5, 0.6) is 0 Å². The van der Waals surface area contributed by atoms with E-state index in [0.29, 0.717) is 29.9 Å². The number of rotatable bonds is 3. The Hall–Kier alpha value is -2.18. The lowest BCUT2D eigenvalue weighted by molar-refractivity contribution is 0.0717. The highest BCUT2D eigenvalue weighted by Gasteiger charge is 2.36. The van der Waals surface area contributed by atoms with Crippen molar-refractivity contribution in [3.8, 4) is 0 Å². The van der Waals surface area contributed by atoms with Gasteiger partial charge in [0, 0.05) is 25.5 Å². The molecule has 1 atom stereocenters. The number of nitrogens with zero attached hydrogens (tertiary/aromatic N) is 4. The van der Waals surface area contributed by atoms with Crippen molar-refractivity contribution in [1.82, 2.24) is 20.2 Å². The lowest BCUT2D eigenvalue weighted by Gasteiger charge is -2.20. The van der Waals surface area contributed by atoms with Crippen molar-refractivity contribution in [1.29, 1.82) is 0 Å². The van der Waals surface area contributed by atoms with Gasteiger partial charge >= 0.3 is 0 Å². The molecule has 2 aromatic rings. The van der Waals surface area contributed by atoms with Gasteiger partial charge in [0.1, 0.15) is 5.76 Å². The quantitative estimate of drug-likeness (QED) is 0.860. The molecule has 21 heavy (non-hydrogen) atoms. The maximum atomic E-state index is 12.6. The first-order valence-electron chi connectivity index (χ1n) is 7.30. The summed E-state index contributed by atoms with van der Waals surface area (Å²) in [6.45, 7) is 2.43. The van der Waals surface area contributed by atoms with Crippen LogP contribution < -0.4 is 0 Å². The zero-order chi connectivity index (χ0) is 14.4. The van der Waals surface area contributed by atoms with E-state index in [0.717, 1.165) is 31.4 Å². The average Bonchev–Trinajstić information content (AvgIpc) is 2.94. The van der Waals surface area contributed by atoms with Gasteiger partial charge in [-0.15, -0.1) is 0 Å². The smallest absolute Gasteiger partial charge is 0.276 e. The van der Waals surface area contributed by atoms with Crippen molar-refractivity contribution in [3.63, 3.8) is 0 Å². The van der Waals surface area contributed by atoms with Gasteiger partial charge in [-0.1, -0.05) is 10.3 Å². The third kappa shape index (κ3) is 2.22. The third-order valence-corrected chi connectivity index (χ3v) is 4.08. The number of amides is 1. The summed E-state index contributed by atoms with van der Waals surface area (Å²) in [5.41, 5.74) is 0.379. The van der Waals surface area contributed by atoms with Gasteiger partial charge in [0.15, 0.2) is 11.5 Å². The first-order valence-corrected chi connectivity index (χ1v) is 7.30. The minimum atomic E-state index is -0.129. The van der Waals surface area contributed by atoms with E-state index < -0.39 is 0 Å². The molecule has 1 aliphatic carbocycles. The van der Waals surface area contributed by atoms with Crippen LogP contribution in [0.15, 0.2) is 15.1 Å². The molecular weight excluding hydrogens is 272 g/mol. The summed E-state index contributed by atoms with van der Waals surface area (Å²) < 4.78 is 10.3. The summed E-state index contributed by atoms with van der Waals surface area (Å²) in [4.78, 5) is 18.6. The molecule has 1 amide bonds. The van der Waals surface area contributed by atoms with Crippen molar-refractivity contribution in [2.75, 3.05) is 6.54 Å². The Morgan fingerprint density at radius 3 is 2.86 bits per heavy atom. The molecule has 1 aliphatic heterocycles. The van der Waals surface area contributed by atoms with Crippen LogP contribution in [0.1, 0.15) is 65.6 Å². The van der Waals surface area contributed by atoms with Crippen molar-refractivity contribution in [3.05, 3.63) is 29.2 Å². The maximum absolute atomic E-state index is 12.6. The first kappa shape index (κ1) is 12.6. The van der Waals surface area contributed by atoms with E-state index >= 15 is 0 Å². The van der Waals surface area contributed by atoms with Crippen LogP contribution in [-0.4, -0.2) is 32.6 Å². The molecule has 0 bridgehead atoms. The standard InChI is InChI=1S/C14H16N4O3/c1-8-15-13(17-20-8)11-3-2-6-18(11)14(19)10-7-12(21-16-10)9-4-5-9/h7,9,11H,2-6H2,1H3/t11-/m1/s1. The summed E-state index contributed by atoms with van der Waals surface area (Å²) in [5, 5.41) is 7.87. The molecule has 7 heteroatoms. The van der Waals surface area contributed by atoms with Crippen molar-refractivity contribution in [2.24, 2.45) is 0 Å². The van der Waals surface area contributed by atoms with Gasteiger partial charge in [-0.2, -0.15) is 4.98 Å². The van der Waals surface area contributed by atoms with Gasteiger partial charge < -0.3 is 13.9 Å². The number of carbonyl (C=O) groups is 1. The monoisotopic (exact) mass is 288 g/mol. The van der Waals surface area contributed by atoms with Gasteiger partial charge in [0.25, 0.3) is 5.91 Å². The van der Waals surface area contributed by atoms with Crippen molar-refractivity contribution < 1.29 is 13.8 Å². The third-order valence-electron chi connectivity index (χ3n) is 4.08. The predicted molar refractivity (Wildman–Crippen MR) is 70.5 cm³/mol.